The average molecular weight is 414 g/mol. The van der Waals surface area contributed by atoms with Crippen molar-refractivity contribution in [1.29, 1.82) is 0 Å². The molecule has 0 fully saturated rings. The lowest BCUT2D eigenvalue weighted by atomic mass is 10.1. The Labute approximate surface area is 148 Å². The average Bonchev–Trinajstić information content (AvgIpc) is 2.59. The highest BCUT2D eigenvalue weighted by Gasteiger charge is 2.20. The van der Waals surface area contributed by atoms with Crippen LogP contribution in [0.25, 0.3) is 0 Å². The molecule has 0 aliphatic carbocycles. The van der Waals surface area contributed by atoms with E-state index in [1.807, 2.05) is 0 Å². The molecule has 1 aliphatic heterocycles. The number of nitrogens with one attached hydrogen (secondary N) is 1. The first-order chi connectivity index (χ1) is 11.5. The van der Waals surface area contributed by atoms with Crippen LogP contribution in [0.3, 0.4) is 0 Å². The number of benzene rings is 2. The summed E-state index contributed by atoms with van der Waals surface area (Å²) < 4.78 is 38.4. The largest absolute Gasteiger partial charge is 0.486 e. The zero-order chi connectivity index (χ0) is 17.2. The van der Waals surface area contributed by atoms with Crippen LogP contribution in [0.15, 0.2) is 51.8 Å². The van der Waals surface area contributed by atoms with Gasteiger partial charge in [-0.05, 0) is 45.8 Å². The van der Waals surface area contributed by atoms with Crippen LogP contribution >= 0.6 is 15.9 Å². The van der Waals surface area contributed by atoms with Crippen molar-refractivity contribution < 1.29 is 23.0 Å². The van der Waals surface area contributed by atoms with Gasteiger partial charge in [-0.1, -0.05) is 18.2 Å². The molecule has 8 heteroatoms. The molecule has 0 aromatic heterocycles. The molecule has 0 amide bonds. The zero-order valence-electron chi connectivity index (χ0n) is 12.6. The molecule has 0 bridgehead atoms. The Morgan fingerprint density at radius 3 is 2.58 bits per heavy atom. The molecule has 0 radical (unpaired) electrons. The van der Waals surface area contributed by atoms with E-state index in [1.165, 1.54) is 6.07 Å². The van der Waals surface area contributed by atoms with Gasteiger partial charge in [0, 0.05) is 11.0 Å². The van der Waals surface area contributed by atoms with Gasteiger partial charge in [0.15, 0.2) is 11.5 Å². The molecule has 128 valence electrons. The van der Waals surface area contributed by atoms with Gasteiger partial charge in [-0.15, -0.1) is 0 Å². The first kappa shape index (κ1) is 17.2. The molecule has 2 aromatic rings. The van der Waals surface area contributed by atoms with Crippen LogP contribution in [0.2, 0.25) is 0 Å². The minimum Gasteiger partial charge on any atom is -0.486 e. The minimum absolute atomic E-state index is 0.124. The first-order valence-corrected chi connectivity index (χ1v) is 9.57. The summed E-state index contributed by atoms with van der Waals surface area (Å²) in [4.78, 5) is 0.124. The van der Waals surface area contributed by atoms with Crippen LogP contribution in [0.1, 0.15) is 11.7 Å². The summed E-state index contributed by atoms with van der Waals surface area (Å²) >= 11 is 3.21. The minimum atomic E-state index is -3.72. The summed E-state index contributed by atoms with van der Waals surface area (Å²) in [5.41, 5.74) is 0.550. The predicted molar refractivity (Wildman–Crippen MR) is 91.7 cm³/mol. The molecule has 0 unspecified atom stereocenters. The second-order valence-electron chi connectivity index (χ2n) is 5.20. The van der Waals surface area contributed by atoms with E-state index in [2.05, 4.69) is 20.7 Å². The van der Waals surface area contributed by atoms with Gasteiger partial charge in [0.2, 0.25) is 10.0 Å². The Bertz CT molecular complexity index is 840. The van der Waals surface area contributed by atoms with Crippen molar-refractivity contribution in [2.24, 2.45) is 0 Å². The third-order valence-corrected chi connectivity index (χ3v) is 5.98. The molecule has 1 heterocycles. The van der Waals surface area contributed by atoms with Gasteiger partial charge in [-0.3, -0.25) is 0 Å². The molecule has 2 N–H and O–H groups in total. The van der Waals surface area contributed by atoms with Crippen LogP contribution in [0.4, 0.5) is 0 Å². The fourth-order valence-electron chi connectivity index (χ4n) is 2.31. The third kappa shape index (κ3) is 3.72. The van der Waals surface area contributed by atoms with E-state index in [-0.39, 0.29) is 11.4 Å². The van der Waals surface area contributed by atoms with E-state index < -0.39 is 16.1 Å². The summed E-state index contributed by atoms with van der Waals surface area (Å²) in [6.45, 7) is 0.783. The summed E-state index contributed by atoms with van der Waals surface area (Å²) in [6.07, 6.45) is -1.00. The quantitative estimate of drug-likeness (QED) is 0.784. The van der Waals surface area contributed by atoms with Crippen molar-refractivity contribution in [2.45, 2.75) is 11.0 Å². The number of rotatable bonds is 5. The number of fused-ring (bicyclic) bond motifs is 1. The van der Waals surface area contributed by atoms with E-state index >= 15 is 0 Å². The molecule has 0 saturated heterocycles. The van der Waals surface area contributed by atoms with Crippen molar-refractivity contribution in [3.63, 3.8) is 0 Å². The van der Waals surface area contributed by atoms with Crippen LogP contribution < -0.4 is 14.2 Å². The van der Waals surface area contributed by atoms with E-state index in [9.17, 15) is 13.5 Å². The number of hydrogen-bond donors (Lipinski definition) is 2. The number of ether oxygens (including phenoxy) is 2. The first-order valence-electron chi connectivity index (χ1n) is 7.29. The SMILES string of the molecule is O=S(=O)(NC[C@H](O)c1ccc2c(c1)OCCO2)c1ccccc1Br. The van der Waals surface area contributed by atoms with Crippen molar-refractivity contribution in [3.8, 4) is 11.5 Å². The number of aliphatic hydroxyl groups excluding tert-OH is 1. The monoisotopic (exact) mass is 413 g/mol. The van der Waals surface area contributed by atoms with Gasteiger partial charge >= 0.3 is 0 Å². The summed E-state index contributed by atoms with van der Waals surface area (Å²) in [5, 5.41) is 10.3. The number of aliphatic hydroxyl groups is 1. The summed E-state index contributed by atoms with van der Waals surface area (Å²) in [7, 11) is -3.72. The Morgan fingerprint density at radius 2 is 1.83 bits per heavy atom. The number of halogens is 1. The summed E-state index contributed by atoms with van der Waals surface area (Å²) in [6, 6.07) is 11.5. The number of hydrogen-bond acceptors (Lipinski definition) is 5. The van der Waals surface area contributed by atoms with Gasteiger partial charge < -0.3 is 14.6 Å². The number of sulfonamides is 1. The van der Waals surface area contributed by atoms with E-state index in [0.29, 0.717) is 34.7 Å². The molecule has 6 nitrogen and oxygen atoms in total. The summed E-state index contributed by atoms with van der Waals surface area (Å²) in [5.74, 6) is 1.16. The Balaban J connectivity index is 1.71. The maximum absolute atomic E-state index is 12.3. The van der Waals surface area contributed by atoms with Crippen molar-refractivity contribution >= 4 is 26.0 Å². The molecular formula is C16H16BrNO5S. The highest BCUT2D eigenvalue weighted by Crippen LogP contribution is 2.32. The fraction of sp³-hybridized carbons (Fsp3) is 0.250. The van der Waals surface area contributed by atoms with Crippen LogP contribution in [0, 0.1) is 0 Å². The Hall–Kier alpha value is -1.61. The highest BCUT2D eigenvalue weighted by molar-refractivity contribution is 9.10. The van der Waals surface area contributed by atoms with Crippen LogP contribution in [-0.4, -0.2) is 33.3 Å². The van der Waals surface area contributed by atoms with Gasteiger partial charge in [0.25, 0.3) is 0 Å². The topological polar surface area (TPSA) is 84.9 Å². The van der Waals surface area contributed by atoms with Crippen LogP contribution in [0.5, 0.6) is 11.5 Å². The standard InChI is InChI=1S/C16H16BrNO5S/c17-12-3-1-2-4-16(12)24(20,21)18-10-13(19)11-5-6-14-15(9-11)23-8-7-22-14/h1-6,9,13,18-19H,7-8,10H2/t13-/m0/s1. The molecule has 1 aliphatic rings. The molecule has 3 rings (SSSR count). The molecule has 24 heavy (non-hydrogen) atoms. The van der Waals surface area contributed by atoms with Crippen molar-refractivity contribution in [2.75, 3.05) is 19.8 Å². The van der Waals surface area contributed by atoms with Gasteiger partial charge in [-0.2, -0.15) is 0 Å². The van der Waals surface area contributed by atoms with E-state index in [0.717, 1.165) is 0 Å². The highest BCUT2D eigenvalue weighted by atomic mass is 79.9. The van der Waals surface area contributed by atoms with Gasteiger partial charge in [0.1, 0.15) is 13.2 Å². The third-order valence-electron chi connectivity index (χ3n) is 3.54. The van der Waals surface area contributed by atoms with E-state index in [4.69, 9.17) is 9.47 Å². The normalized spacial score (nSPS) is 15.1. The smallest absolute Gasteiger partial charge is 0.241 e. The Morgan fingerprint density at radius 1 is 1.12 bits per heavy atom. The van der Waals surface area contributed by atoms with Crippen LogP contribution in [-0.2, 0) is 10.0 Å². The lowest BCUT2D eigenvalue weighted by molar-refractivity contribution is 0.165. The predicted octanol–water partition coefficient (Wildman–Crippen LogP) is 2.23. The zero-order valence-corrected chi connectivity index (χ0v) is 15.0. The molecule has 0 spiro atoms. The molecule has 2 aromatic carbocycles. The van der Waals surface area contributed by atoms with E-state index in [1.54, 1.807) is 36.4 Å². The second kappa shape index (κ2) is 7.10. The lowest BCUT2D eigenvalue weighted by Gasteiger charge is -2.20. The Kier molecular flexibility index (Phi) is 5.09. The van der Waals surface area contributed by atoms with Gasteiger partial charge in [0.05, 0.1) is 11.0 Å². The fourth-order valence-corrected chi connectivity index (χ4v) is 4.35. The van der Waals surface area contributed by atoms with Crippen molar-refractivity contribution in [3.05, 3.63) is 52.5 Å². The molecule has 1 atom stereocenters. The van der Waals surface area contributed by atoms with Gasteiger partial charge in [-0.25, -0.2) is 13.1 Å². The maximum atomic E-state index is 12.3. The molecular weight excluding hydrogens is 398 g/mol. The molecule has 0 saturated carbocycles. The second-order valence-corrected chi connectivity index (χ2v) is 7.79. The van der Waals surface area contributed by atoms with Crippen molar-refractivity contribution in [1.82, 2.24) is 4.72 Å². The lowest BCUT2D eigenvalue weighted by Crippen LogP contribution is -2.29. The maximum Gasteiger partial charge on any atom is 0.241 e.